The van der Waals surface area contributed by atoms with Crippen LogP contribution in [0.4, 0.5) is 0 Å². The molecule has 146 valence electrons. The maximum atomic E-state index is 12.0. The van der Waals surface area contributed by atoms with E-state index < -0.39 is 5.97 Å². The van der Waals surface area contributed by atoms with E-state index in [9.17, 15) is 9.59 Å². The molecule has 0 aliphatic rings. The van der Waals surface area contributed by atoms with Crippen molar-refractivity contribution in [2.45, 2.75) is 46.0 Å². The van der Waals surface area contributed by atoms with Crippen molar-refractivity contribution in [3.63, 3.8) is 0 Å². The first kappa shape index (κ1) is 20.9. The van der Waals surface area contributed by atoms with E-state index >= 15 is 0 Å². The number of aliphatic carboxylic acids is 1. The van der Waals surface area contributed by atoms with Gasteiger partial charge >= 0.3 is 5.97 Å². The zero-order valence-electron chi connectivity index (χ0n) is 16.2. The normalized spacial score (nSPS) is 11.3. The topological polar surface area (TPSA) is 88.5 Å². The van der Waals surface area contributed by atoms with Crippen molar-refractivity contribution in [1.29, 1.82) is 0 Å². The van der Waals surface area contributed by atoms with Crippen LogP contribution in [0.15, 0.2) is 23.6 Å². The van der Waals surface area contributed by atoms with Gasteiger partial charge in [-0.3, -0.25) is 9.59 Å². The summed E-state index contributed by atoms with van der Waals surface area (Å²) in [6, 6.07) is 6.11. The first-order chi connectivity index (χ1) is 12.6. The lowest BCUT2D eigenvalue weighted by Crippen LogP contribution is -2.29. The van der Waals surface area contributed by atoms with Crippen LogP contribution in [0.2, 0.25) is 0 Å². The van der Waals surface area contributed by atoms with Crippen LogP contribution in [0.1, 0.15) is 42.6 Å². The van der Waals surface area contributed by atoms with Gasteiger partial charge in [0.2, 0.25) is 5.91 Å². The van der Waals surface area contributed by atoms with Crippen LogP contribution >= 0.6 is 11.3 Å². The molecular formula is C20H26N2O4S. The van der Waals surface area contributed by atoms with Gasteiger partial charge in [0.05, 0.1) is 25.1 Å². The molecule has 0 aliphatic heterocycles. The van der Waals surface area contributed by atoms with Crippen LogP contribution in [0, 0.1) is 6.92 Å². The predicted molar refractivity (Wildman–Crippen MR) is 106 cm³/mol. The Morgan fingerprint density at radius 3 is 2.67 bits per heavy atom. The van der Waals surface area contributed by atoms with E-state index in [0.29, 0.717) is 23.9 Å². The number of ether oxygens (including phenoxy) is 1. The Morgan fingerprint density at radius 1 is 1.26 bits per heavy atom. The first-order valence-corrected chi connectivity index (χ1v) is 9.69. The van der Waals surface area contributed by atoms with Gasteiger partial charge in [-0.05, 0) is 24.0 Å². The van der Waals surface area contributed by atoms with Crippen molar-refractivity contribution >= 4 is 23.2 Å². The van der Waals surface area contributed by atoms with Crippen molar-refractivity contribution in [3.8, 4) is 5.75 Å². The van der Waals surface area contributed by atoms with Gasteiger partial charge in [-0.25, -0.2) is 4.98 Å². The fourth-order valence-corrected chi connectivity index (χ4v) is 3.37. The van der Waals surface area contributed by atoms with Gasteiger partial charge in [0.15, 0.2) is 0 Å². The van der Waals surface area contributed by atoms with Gasteiger partial charge in [-0.15, -0.1) is 11.3 Å². The molecule has 0 atom stereocenters. The van der Waals surface area contributed by atoms with E-state index in [4.69, 9.17) is 9.84 Å². The van der Waals surface area contributed by atoms with Crippen LogP contribution in [0.25, 0.3) is 0 Å². The molecule has 0 saturated carbocycles. The number of carbonyl (C=O) groups excluding carboxylic acids is 1. The Labute approximate surface area is 163 Å². The summed E-state index contributed by atoms with van der Waals surface area (Å²) in [7, 11) is 0. The predicted octanol–water partition coefficient (Wildman–Crippen LogP) is 3.11. The molecule has 1 heterocycles. The smallest absolute Gasteiger partial charge is 0.309 e. The molecular weight excluding hydrogens is 364 g/mol. The molecule has 0 aliphatic carbocycles. The number of hydrogen-bond acceptors (Lipinski definition) is 5. The fourth-order valence-electron chi connectivity index (χ4n) is 2.57. The molecule has 0 radical (unpaired) electrons. The summed E-state index contributed by atoms with van der Waals surface area (Å²) in [5.41, 5.74) is 2.78. The number of rotatable bonds is 8. The number of hydrogen-bond donors (Lipinski definition) is 2. The Bertz CT molecular complexity index is 809. The lowest BCUT2D eigenvalue weighted by atomic mass is 9.85. The highest BCUT2D eigenvalue weighted by molar-refractivity contribution is 7.09. The molecule has 0 saturated heterocycles. The number of amides is 1. The van der Waals surface area contributed by atoms with Crippen molar-refractivity contribution in [2.24, 2.45) is 0 Å². The van der Waals surface area contributed by atoms with Gasteiger partial charge in [-0.1, -0.05) is 38.5 Å². The number of nitrogens with zero attached hydrogens (tertiary/aromatic N) is 1. The second-order valence-corrected chi connectivity index (χ2v) is 8.37. The zero-order valence-corrected chi connectivity index (χ0v) is 17.0. The number of thiazole rings is 1. The minimum Gasteiger partial charge on any atom is -0.491 e. The summed E-state index contributed by atoms with van der Waals surface area (Å²) in [5, 5.41) is 13.8. The van der Waals surface area contributed by atoms with Crippen molar-refractivity contribution in [2.75, 3.05) is 13.2 Å². The van der Waals surface area contributed by atoms with E-state index in [-0.39, 0.29) is 24.2 Å². The zero-order chi connectivity index (χ0) is 20.0. The van der Waals surface area contributed by atoms with Crippen molar-refractivity contribution < 1.29 is 19.4 Å². The monoisotopic (exact) mass is 390 g/mol. The average molecular weight is 391 g/mol. The summed E-state index contributed by atoms with van der Waals surface area (Å²) < 4.78 is 5.87. The second kappa shape index (κ2) is 8.99. The maximum Gasteiger partial charge on any atom is 0.309 e. The molecule has 0 fully saturated rings. The quantitative estimate of drug-likeness (QED) is 0.676. The number of aryl methyl sites for hydroxylation is 1. The summed E-state index contributed by atoms with van der Waals surface area (Å²) in [6.45, 7) is 9.25. The Morgan fingerprint density at radius 2 is 2.00 bits per heavy atom. The second-order valence-electron chi connectivity index (χ2n) is 7.43. The first-order valence-electron chi connectivity index (χ1n) is 8.81. The minimum atomic E-state index is -0.931. The van der Waals surface area contributed by atoms with Crippen LogP contribution < -0.4 is 10.1 Å². The Kier molecular flexibility index (Phi) is 6.96. The molecule has 0 spiro atoms. The lowest BCUT2D eigenvalue weighted by Gasteiger charge is -2.23. The molecule has 27 heavy (non-hydrogen) atoms. The van der Waals surface area contributed by atoms with Crippen LogP contribution in [0.3, 0.4) is 0 Å². The maximum absolute atomic E-state index is 12.0. The average Bonchev–Trinajstić information content (AvgIpc) is 2.97. The Hall–Kier alpha value is -2.41. The fraction of sp³-hybridized carbons (Fsp3) is 0.450. The molecule has 2 aromatic rings. The largest absolute Gasteiger partial charge is 0.491 e. The number of carboxylic acids is 1. The van der Waals surface area contributed by atoms with Crippen molar-refractivity contribution in [3.05, 3.63) is 45.4 Å². The summed E-state index contributed by atoms with van der Waals surface area (Å²) >= 11 is 1.30. The molecule has 0 unspecified atom stereocenters. The number of nitrogens with one attached hydrogen (secondary N) is 1. The Balaban J connectivity index is 1.81. The SMILES string of the molecule is Cc1ccc(OCCNC(=O)Cc2nc(CC(=O)O)cs2)c(C(C)(C)C)c1. The molecule has 1 aromatic heterocycles. The number of carbonyl (C=O) groups is 2. The summed E-state index contributed by atoms with van der Waals surface area (Å²) in [4.78, 5) is 26.8. The molecule has 1 aromatic carbocycles. The third-order valence-electron chi connectivity index (χ3n) is 3.87. The molecule has 1 amide bonds. The molecule has 2 N–H and O–H groups in total. The summed E-state index contributed by atoms with van der Waals surface area (Å²) in [5.74, 6) is -0.255. The molecule has 7 heteroatoms. The van der Waals surface area contributed by atoms with Crippen LogP contribution in [0.5, 0.6) is 5.75 Å². The van der Waals surface area contributed by atoms with E-state index in [2.05, 4.69) is 44.1 Å². The van der Waals surface area contributed by atoms with Gasteiger partial charge in [0.1, 0.15) is 17.4 Å². The van der Waals surface area contributed by atoms with E-state index in [1.165, 1.54) is 16.9 Å². The lowest BCUT2D eigenvalue weighted by molar-refractivity contribution is -0.136. The third-order valence-corrected chi connectivity index (χ3v) is 4.77. The highest BCUT2D eigenvalue weighted by Gasteiger charge is 2.19. The van der Waals surface area contributed by atoms with E-state index in [1.54, 1.807) is 5.38 Å². The number of carboxylic acid groups (broad SMARTS) is 1. The molecule has 0 bridgehead atoms. The van der Waals surface area contributed by atoms with Gasteiger partial charge in [0.25, 0.3) is 0 Å². The van der Waals surface area contributed by atoms with Crippen molar-refractivity contribution in [1.82, 2.24) is 10.3 Å². The van der Waals surface area contributed by atoms with Gasteiger partial charge in [0, 0.05) is 5.38 Å². The van der Waals surface area contributed by atoms with E-state index in [1.807, 2.05) is 12.1 Å². The molecule has 6 nitrogen and oxygen atoms in total. The number of benzene rings is 1. The van der Waals surface area contributed by atoms with Gasteiger partial charge in [-0.2, -0.15) is 0 Å². The van der Waals surface area contributed by atoms with E-state index in [0.717, 1.165) is 11.3 Å². The van der Waals surface area contributed by atoms with Crippen LogP contribution in [-0.4, -0.2) is 35.1 Å². The highest BCUT2D eigenvalue weighted by Crippen LogP contribution is 2.32. The summed E-state index contributed by atoms with van der Waals surface area (Å²) in [6.07, 6.45) is 0.0146. The van der Waals surface area contributed by atoms with Gasteiger partial charge < -0.3 is 15.2 Å². The van der Waals surface area contributed by atoms with Crippen LogP contribution in [-0.2, 0) is 27.8 Å². The highest BCUT2D eigenvalue weighted by atomic mass is 32.1. The minimum absolute atomic E-state index is 0.0247. The third kappa shape index (κ3) is 6.67. The standard InChI is InChI=1S/C20H26N2O4S/c1-13-5-6-16(15(9-13)20(2,3)4)26-8-7-21-17(23)11-18-22-14(12-27-18)10-19(24)25/h5-6,9,12H,7-8,10-11H2,1-4H3,(H,21,23)(H,24,25). The molecule has 2 rings (SSSR count). The number of aromatic nitrogens is 1.